The van der Waals surface area contributed by atoms with Gasteiger partial charge < -0.3 is 0 Å². The summed E-state index contributed by atoms with van der Waals surface area (Å²) in [5, 5.41) is 0. The SMILES string of the molecule is CC.CC.CC.CC.CCc1ccc(C)cc1C. The van der Waals surface area contributed by atoms with Gasteiger partial charge in [0.05, 0.1) is 0 Å². The van der Waals surface area contributed by atoms with Gasteiger partial charge in [0.1, 0.15) is 0 Å². The first kappa shape index (κ1) is 25.9. The molecule has 0 saturated heterocycles. The Morgan fingerprint density at radius 1 is 0.722 bits per heavy atom. The van der Waals surface area contributed by atoms with E-state index in [1.54, 1.807) is 0 Å². The third kappa shape index (κ3) is 15.2. The summed E-state index contributed by atoms with van der Waals surface area (Å²) in [5.41, 5.74) is 4.24. The molecule has 0 amide bonds. The molecule has 0 heteroatoms. The van der Waals surface area contributed by atoms with Crippen molar-refractivity contribution in [2.75, 3.05) is 0 Å². The summed E-state index contributed by atoms with van der Waals surface area (Å²) < 4.78 is 0. The maximum atomic E-state index is 2.23. The van der Waals surface area contributed by atoms with Crippen LogP contribution in [0.3, 0.4) is 0 Å². The van der Waals surface area contributed by atoms with E-state index >= 15 is 0 Å². The van der Waals surface area contributed by atoms with Gasteiger partial charge in [-0.25, -0.2) is 0 Å². The molecular weight excluding hydrogens is 216 g/mol. The molecular formula is C18H38. The second kappa shape index (κ2) is 25.2. The average molecular weight is 255 g/mol. The molecule has 0 spiro atoms. The quantitative estimate of drug-likeness (QED) is 0.507. The molecule has 1 aromatic rings. The minimum absolute atomic E-state index is 1.14. The molecule has 0 nitrogen and oxygen atoms in total. The molecule has 0 aliphatic rings. The molecule has 110 valence electrons. The number of rotatable bonds is 1. The van der Waals surface area contributed by atoms with Gasteiger partial charge in [0, 0.05) is 0 Å². The lowest BCUT2D eigenvalue weighted by Gasteiger charge is -2.02. The minimum Gasteiger partial charge on any atom is -0.0683 e. The Hall–Kier alpha value is -0.780. The van der Waals surface area contributed by atoms with Crippen molar-refractivity contribution in [1.29, 1.82) is 0 Å². The molecule has 1 rings (SSSR count). The Labute approximate surface area is 118 Å². The molecule has 0 N–H and O–H groups in total. The van der Waals surface area contributed by atoms with E-state index in [1.165, 1.54) is 16.7 Å². The molecule has 0 fully saturated rings. The van der Waals surface area contributed by atoms with E-state index in [4.69, 9.17) is 0 Å². The highest BCUT2D eigenvalue weighted by Gasteiger charge is 1.93. The van der Waals surface area contributed by atoms with Crippen LogP contribution in [0.25, 0.3) is 0 Å². The van der Waals surface area contributed by atoms with Crippen molar-refractivity contribution in [3.05, 3.63) is 34.9 Å². The van der Waals surface area contributed by atoms with Crippen LogP contribution in [0, 0.1) is 13.8 Å². The fourth-order valence-electron chi connectivity index (χ4n) is 1.24. The highest BCUT2D eigenvalue weighted by molar-refractivity contribution is 5.30. The van der Waals surface area contributed by atoms with Gasteiger partial charge in [-0.05, 0) is 31.4 Å². The van der Waals surface area contributed by atoms with Crippen LogP contribution in [-0.4, -0.2) is 0 Å². The molecule has 0 unspecified atom stereocenters. The van der Waals surface area contributed by atoms with Crippen molar-refractivity contribution in [1.82, 2.24) is 0 Å². The number of benzene rings is 1. The van der Waals surface area contributed by atoms with Gasteiger partial charge in [-0.1, -0.05) is 86.1 Å². The van der Waals surface area contributed by atoms with E-state index in [1.807, 2.05) is 55.4 Å². The van der Waals surface area contributed by atoms with E-state index in [9.17, 15) is 0 Å². The van der Waals surface area contributed by atoms with E-state index in [0.717, 1.165) is 6.42 Å². The van der Waals surface area contributed by atoms with Crippen LogP contribution in [0.4, 0.5) is 0 Å². The predicted octanol–water partition coefficient (Wildman–Crippen LogP) is 6.97. The number of hydrogen-bond acceptors (Lipinski definition) is 0. The van der Waals surface area contributed by atoms with Crippen molar-refractivity contribution in [3.8, 4) is 0 Å². The monoisotopic (exact) mass is 254 g/mol. The second-order valence-corrected chi connectivity index (χ2v) is 2.78. The van der Waals surface area contributed by atoms with Gasteiger partial charge in [0.15, 0.2) is 0 Å². The molecule has 0 bridgehead atoms. The molecule has 0 atom stereocenters. The second-order valence-electron chi connectivity index (χ2n) is 2.78. The predicted molar refractivity (Wildman–Crippen MR) is 90.7 cm³/mol. The van der Waals surface area contributed by atoms with Crippen molar-refractivity contribution >= 4 is 0 Å². The summed E-state index contributed by atoms with van der Waals surface area (Å²) in [7, 11) is 0. The average Bonchev–Trinajstić information content (AvgIpc) is 2.48. The molecule has 0 heterocycles. The Kier molecular flexibility index (Phi) is 36.2. The van der Waals surface area contributed by atoms with Gasteiger partial charge in [-0.3, -0.25) is 0 Å². The summed E-state index contributed by atoms with van der Waals surface area (Å²) in [6.07, 6.45) is 1.14. The van der Waals surface area contributed by atoms with E-state index in [-0.39, 0.29) is 0 Å². The van der Waals surface area contributed by atoms with Gasteiger partial charge >= 0.3 is 0 Å². The van der Waals surface area contributed by atoms with Crippen LogP contribution < -0.4 is 0 Å². The molecule has 0 aromatic heterocycles. The van der Waals surface area contributed by atoms with Crippen molar-refractivity contribution in [3.63, 3.8) is 0 Å². The van der Waals surface area contributed by atoms with Crippen LogP contribution in [0.1, 0.15) is 79.0 Å². The maximum absolute atomic E-state index is 2.23. The van der Waals surface area contributed by atoms with Crippen LogP contribution in [0.15, 0.2) is 18.2 Å². The zero-order valence-corrected chi connectivity index (χ0v) is 14.9. The maximum Gasteiger partial charge on any atom is -0.0305 e. The Morgan fingerprint density at radius 2 is 1.11 bits per heavy atom. The normalized spacial score (nSPS) is 6.83. The standard InChI is InChI=1S/C10H14.4C2H6/c1-4-10-6-5-8(2)7-9(10)3;4*1-2/h5-7H,4H2,1-3H3;4*1-2H3. The van der Waals surface area contributed by atoms with Crippen molar-refractivity contribution in [2.24, 2.45) is 0 Å². The fourth-order valence-corrected chi connectivity index (χ4v) is 1.24. The van der Waals surface area contributed by atoms with Crippen molar-refractivity contribution in [2.45, 2.75) is 82.6 Å². The highest BCUT2D eigenvalue weighted by Crippen LogP contribution is 2.10. The molecule has 18 heavy (non-hydrogen) atoms. The Balaban J connectivity index is -0.000000105. The smallest absolute Gasteiger partial charge is 0.0305 e. The first-order valence-corrected chi connectivity index (χ1v) is 7.80. The summed E-state index contributed by atoms with van der Waals surface area (Å²) >= 11 is 0. The van der Waals surface area contributed by atoms with Gasteiger partial charge in [-0.2, -0.15) is 0 Å². The van der Waals surface area contributed by atoms with Gasteiger partial charge in [-0.15, -0.1) is 0 Å². The lowest BCUT2D eigenvalue weighted by molar-refractivity contribution is 1.10. The summed E-state index contributed by atoms with van der Waals surface area (Å²) in [4.78, 5) is 0. The molecule has 0 radical (unpaired) electrons. The van der Waals surface area contributed by atoms with Crippen LogP contribution in [0.2, 0.25) is 0 Å². The van der Waals surface area contributed by atoms with Crippen molar-refractivity contribution < 1.29 is 0 Å². The molecule has 0 aliphatic carbocycles. The zero-order chi connectivity index (χ0) is 15.6. The van der Waals surface area contributed by atoms with Gasteiger partial charge in [0.25, 0.3) is 0 Å². The Morgan fingerprint density at radius 3 is 1.39 bits per heavy atom. The van der Waals surface area contributed by atoms with E-state index in [2.05, 4.69) is 39.0 Å². The molecule has 0 saturated carbocycles. The van der Waals surface area contributed by atoms with E-state index < -0.39 is 0 Å². The van der Waals surface area contributed by atoms with E-state index in [0.29, 0.717) is 0 Å². The summed E-state index contributed by atoms with van der Waals surface area (Å²) in [6, 6.07) is 6.62. The lowest BCUT2D eigenvalue weighted by atomic mass is 10.0. The summed E-state index contributed by atoms with van der Waals surface area (Å²) in [5.74, 6) is 0. The van der Waals surface area contributed by atoms with Gasteiger partial charge in [0.2, 0.25) is 0 Å². The topological polar surface area (TPSA) is 0 Å². The lowest BCUT2D eigenvalue weighted by Crippen LogP contribution is -1.85. The third-order valence-electron chi connectivity index (χ3n) is 1.88. The summed E-state index contributed by atoms with van der Waals surface area (Å²) in [6.45, 7) is 22.5. The van der Waals surface area contributed by atoms with Crippen LogP contribution in [-0.2, 0) is 6.42 Å². The largest absolute Gasteiger partial charge is 0.0683 e. The molecule has 1 aromatic carbocycles. The number of aryl methyl sites for hydroxylation is 3. The third-order valence-corrected chi connectivity index (χ3v) is 1.88. The Bertz CT molecular complexity index is 223. The fraction of sp³-hybridized carbons (Fsp3) is 0.667. The van der Waals surface area contributed by atoms with Crippen LogP contribution in [0.5, 0.6) is 0 Å². The first-order valence-electron chi connectivity index (χ1n) is 7.80. The first-order chi connectivity index (χ1) is 8.74. The molecule has 0 aliphatic heterocycles. The highest BCUT2D eigenvalue weighted by atomic mass is 14.0. The minimum atomic E-state index is 1.14. The zero-order valence-electron chi connectivity index (χ0n) is 14.9. The number of hydrogen-bond donors (Lipinski definition) is 0. The van der Waals surface area contributed by atoms with Crippen LogP contribution >= 0.6 is 0 Å².